The van der Waals surface area contributed by atoms with Crippen LogP contribution in [-0.2, 0) is 0 Å². The molecule has 0 aliphatic heterocycles. The van der Waals surface area contributed by atoms with Gasteiger partial charge in [-0.05, 0) is 19.9 Å². The van der Waals surface area contributed by atoms with Crippen molar-refractivity contribution in [2.24, 2.45) is 0 Å². The Morgan fingerprint density at radius 2 is 1.36 bits per heavy atom. The number of hydrogen-bond donors (Lipinski definition) is 1. The van der Waals surface area contributed by atoms with Crippen molar-refractivity contribution in [3.8, 4) is 0 Å². The molecule has 1 saturated carbocycles. The minimum Gasteiger partial charge on any atom is -0.307 e. The molecule has 1 N–H and O–H groups in total. The Hall–Kier alpha value is -0.250. The summed E-state index contributed by atoms with van der Waals surface area (Å²) in [4.78, 5) is 0. The van der Waals surface area contributed by atoms with Crippen LogP contribution in [0, 0.1) is 0 Å². The van der Waals surface area contributed by atoms with Crippen molar-refractivity contribution in [1.82, 2.24) is 5.32 Å². The van der Waals surface area contributed by atoms with Crippen molar-refractivity contribution in [2.75, 3.05) is 7.05 Å². The summed E-state index contributed by atoms with van der Waals surface area (Å²) >= 11 is 0. The van der Waals surface area contributed by atoms with Gasteiger partial charge in [-0.3, -0.25) is 0 Å². The fraction of sp³-hybridized carbons (Fsp3) is 1.00. The highest BCUT2D eigenvalue weighted by molar-refractivity contribution is 4.94. The van der Waals surface area contributed by atoms with Gasteiger partial charge in [-0.15, -0.1) is 0 Å². The van der Waals surface area contributed by atoms with Crippen molar-refractivity contribution in [3.05, 3.63) is 0 Å². The maximum Gasteiger partial charge on any atom is 0.406 e. The van der Waals surface area contributed by atoms with E-state index < -0.39 is 11.7 Å². The van der Waals surface area contributed by atoms with E-state index in [1.54, 1.807) is 0 Å². The zero-order valence-electron chi connectivity index (χ0n) is 8.58. The lowest BCUT2D eigenvalue weighted by Gasteiger charge is -2.37. The topological polar surface area (TPSA) is 12.0 Å². The molecule has 4 heteroatoms. The summed E-state index contributed by atoms with van der Waals surface area (Å²) < 4.78 is 38.5. The van der Waals surface area contributed by atoms with E-state index in [1.807, 2.05) is 0 Å². The van der Waals surface area contributed by atoms with Crippen LogP contribution in [0.25, 0.3) is 0 Å². The van der Waals surface area contributed by atoms with Gasteiger partial charge >= 0.3 is 6.18 Å². The molecule has 1 nitrogen and oxygen atoms in total. The Morgan fingerprint density at radius 1 is 0.929 bits per heavy atom. The van der Waals surface area contributed by atoms with Gasteiger partial charge in [0.05, 0.1) is 0 Å². The van der Waals surface area contributed by atoms with Crippen molar-refractivity contribution in [3.63, 3.8) is 0 Å². The summed E-state index contributed by atoms with van der Waals surface area (Å²) in [5, 5.41) is 2.50. The molecule has 0 aromatic carbocycles. The van der Waals surface area contributed by atoms with Gasteiger partial charge in [0, 0.05) is 0 Å². The van der Waals surface area contributed by atoms with Crippen molar-refractivity contribution < 1.29 is 13.2 Å². The second-order valence-electron chi connectivity index (χ2n) is 4.10. The smallest absolute Gasteiger partial charge is 0.307 e. The van der Waals surface area contributed by atoms with Crippen LogP contribution < -0.4 is 5.32 Å². The van der Waals surface area contributed by atoms with E-state index in [-0.39, 0.29) is 12.8 Å². The summed E-state index contributed by atoms with van der Waals surface area (Å²) in [6.07, 6.45) is 0.649. The predicted octanol–water partition coefficient (Wildman–Crippen LogP) is 3.25. The minimum atomic E-state index is -4.11. The molecule has 1 rings (SSSR count). The molecule has 0 radical (unpaired) electrons. The van der Waals surface area contributed by atoms with Crippen LogP contribution in [0.5, 0.6) is 0 Å². The van der Waals surface area contributed by atoms with Crippen LogP contribution in [0.1, 0.15) is 44.9 Å². The summed E-state index contributed by atoms with van der Waals surface area (Å²) in [6, 6.07) is 0. The largest absolute Gasteiger partial charge is 0.406 e. The third-order valence-electron chi connectivity index (χ3n) is 3.23. The quantitative estimate of drug-likeness (QED) is 0.699. The lowest BCUT2D eigenvalue weighted by atomic mass is 9.83. The zero-order chi connectivity index (χ0) is 10.7. The maximum atomic E-state index is 12.8. The Balaban J connectivity index is 2.73. The number of alkyl halides is 3. The SMILES string of the molecule is CNC1(C(F)(F)F)CCCCCCC1. The average molecular weight is 209 g/mol. The fourth-order valence-electron chi connectivity index (χ4n) is 2.18. The van der Waals surface area contributed by atoms with Crippen LogP contribution in [-0.4, -0.2) is 18.8 Å². The molecule has 1 aliphatic rings. The van der Waals surface area contributed by atoms with Crippen molar-refractivity contribution in [1.29, 1.82) is 0 Å². The van der Waals surface area contributed by atoms with E-state index >= 15 is 0 Å². The third kappa shape index (κ3) is 2.41. The van der Waals surface area contributed by atoms with Gasteiger partial charge in [0.2, 0.25) is 0 Å². The van der Waals surface area contributed by atoms with E-state index in [4.69, 9.17) is 0 Å². The second-order valence-corrected chi connectivity index (χ2v) is 4.10. The molecule has 0 unspecified atom stereocenters. The molecular weight excluding hydrogens is 191 g/mol. The van der Waals surface area contributed by atoms with E-state index in [2.05, 4.69) is 5.32 Å². The monoisotopic (exact) mass is 209 g/mol. The first kappa shape index (κ1) is 11.8. The molecule has 14 heavy (non-hydrogen) atoms. The van der Waals surface area contributed by atoms with Gasteiger partial charge in [0.1, 0.15) is 5.54 Å². The van der Waals surface area contributed by atoms with Gasteiger partial charge in [0.15, 0.2) is 0 Å². The van der Waals surface area contributed by atoms with Gasteiger partial charge in [0.25, 0.3) is 0 Å². The highest BCUT2D eigenvalue weighted by Crippen LogP contribution is 2.39. The number of nitrogens with one attached hydrogen (secondary N) is 1. The minimum absolute atomic E-state index is 0.229. The standard InChI is InChI=1S/C10H18F3N/c1-14-9(10(11,12)13)7-5-3-2-4-6-8-9/h14H,2-8H2,1H3. The normalized spacial score (nSPS) is 24.0. The lowest BCUT2D eigenvalue weighted by molar-refractivity contribution is -0.201. The second kappa shape index (κ2) is 4.51. The highest BCUT2D eigenvalue weighted by Gasteiger charge is 2.52. The molecule has 84 valence electrons. The first-order valence-corrected chi connectivity index (χ1v) is 5.27. The van der Waals surface area contributed by atoms with E-state index in [0.29, 0.717) is 12.8 Å². The summed E-state index contributed by atoms with van der Waals surface area (Å²) in [5.41, 5.74) is -1.62. The third-order valence-corrected chi connectivity index (χ3v) is 3.23. The van der Waals surface area contributed by atoms with Crippen molar-refractivity contribution >= 4 is 0 Å². The molecule has 0 bridgehead atoms. The van der Waals surface area contributed by atoms with Crippen LogP contribution in [0.2, 0.25) is 0 Å². The van der Waals surface area contributed by atoms with E-state index in [0.717, 1.165) is 19.3 Å². The van der Waals surface area contributed by atoms with Gasteiger partial charge < -0.3 is 5.32 Å². The first-order chi connectivity index (χ1) is 6.52. The summed E-state index contributed by atoms with van der Waals surface area (Å²) in [7, 11) is 1.43. The predicted molar refractivity (Wildman–Crippen MR) is 50.2 cm³/mol. The molecule has 0 atom stereocenters. The Kier molecular flexibility index (Phi) is 3.81. The Morgan fingerprint density at radius 3 is 1.71 bits per heavy atom. The molecular formula is C10H18F3N. The molecule has 0 amide bonds. The molecule has 1 fully saturated rings. The first-order valence-electron chi connectivity index (χ1n) is 5.27. The van der Waals surface area contributed by atoms with Crippen LogP contribution in [0.4, 0.5) is 13.2 Å². The Labute approximate surface area is 83.1 Å². The van der Waals surface area contributed by atoms with Crippen LogP contribution in [0.3, 0.4) is 0 Å². The average Bonchev–Trinajstić information content (AvgIpc) is 2.02. The molecule has 0 spiro atoms. The van der Waals surface area contributed by atoms with E-state index in [9.17, 15) is 13.2 Å². The number of halogens is 3. The van der Waals surface area contributed by atoms with Gasteiger partial charge in [-0.25, -0.2) is 0 Å². The number of rotatable bonds is 1. The summed E-state index contributed by atoms with van der Waals surface area (Å²) in [6.45, 7) is 0. The fourth-order valence-corrected chi connectivity index (χ4v) is 2.18. The molecule has 0 aromatic heterocycles. The van der Waals surface area contributed by atoms with E-state index in [1.165, 1.54) is 7.05 Å². The summed E-state index contributed by atoms with van der Waals surface area (Å²) in [5.74, 6) is 0. The lowest BCUT2D eigenvalue weighted by Crippen LogP contribution is -2.55. The van der Waals surface area contributed by atoms with Gasteiger partial charge in [-0.2, -0.15) is 13.2 Å². The van der Waals surface area contributed by atoms with Crippen molar-refractivity contribution in [2.45, 2.75) is 56.7 Å². The molecule has 0 aromatic rings. The highest BCUT2D eigenvalue weighted by atomic mass is 19.4. The number of hydrogen-bond acceptors (Lipinski definition) is 1. The zero-order valence-corrected chi connectivity index (χ0v) is 8.58. The Bertz CT molecular complexity index is 169. The van der Waals surface area contributed by atoms with Crippen LogP contribution >= 0.6 is 0 Å². The molecule has 1 aliphatic carbocycles. The van der Waals surface area contributed by atoms with Gasteiger partial charge in [-0.1, -0.05) is 32.1 Å². The van der Waals surface area contributed by atoms with Crippen LogP contribution in [0.15, 0.2) is 0 Å². The molecule has 0 saturated heterocycles. The molecule has 0 heterocycles. The maximum absolute atomic E-state index is 12.8.